The molecule has 2 aliphatic rings. The van der Waals surface area contributed by atoms with E-state index in [1.165, 1.54) is 29.8 Å². The SMILES string of the molecule is O=C(c1ccc(F)cc1)N1CC2(C1)[C@H](c1ccccc1)[C@H](CO)N2Cc1ccccn1. The second kappa shape index (κ2) is 7.87. The molecule has 5 rings (SSSR count). The molecular weight excluding hydrogens is 393 g/mol. The molecule has 0 bridgehead atoms. The van der Waals surface area contributed by atoms with Crippen LogP contribution in [-0.4, -0.2) is 57.1 Å². The molecule has 1 amide bonds. The zero-order valence-corrected chi connectivity index (χ0v) is 17.1. The van der Waals surface area contributed by atoms with E-state index in [9.17, 15) is 14.3 Å². The number of aromatic nitrogens is 1. The maximum atomic E-state index is 13.3. The number of aliphatic hydroxyl groups is 1. The first-order valence-corrected chi connectivity index (χ1v) is 10.5. The molecule has 3 aromatic rings. The van der Waals surface area contributed by atoms with Crippen LogP contribution in [-0.2, 0) is 6.54 Å². The number of pyridine rings is 1. The predicted octanol–water partition coefficient (Wildman–Crippen LogP) is 3.08. The van der Waals surface area contributed by atoms with E-state index in [-0.39, 0.29) is 35.8 Å². The number of amides is 1. The first kappa shape index (κ1) is 19.8. The normalized spacial score (nSPS) is 22.1. The fourth-order valence-corrected chi connectivity index (χ4v) is 5.21. The summed E-state index contributed by atoms with van der Waals surface area (Å²) in [5.41, 5.74) is 2.35. The molecule has 5 nitrogen and oxygen atoms in total. The van der Waals surface area contributed by atoms with Crippen LogP contribution in [0.2, 0.25) is 0 Å². The summed E-state index contributed by atoms with van der Waals surface area (Å²) in [7, 11) is 0. The molecule has 1 aromatic heterocycles. The summed E-state index contributed by atoms with van der Waals surface area (Å²) in [4.78, 5) is 21.5. The Morgan fingerprint density at radius 1 is 1.03 bits per heavy atom. The number of hydrogen-bond acceptors (Lipinski definition) is 4. The lowest BCUT2D eigenvalue weighted by Crippen LogP contribution is -2.84. The number of rotatable bonds is 5. The van der Waals surface area contributed by atoms with Crippen molar-refractivity contribution in [2.75, 3.05) is 19.7 Å². The van der Waals surface area contributed by atoms with Gasteiger partial charge in [0, 0.05) is 43.4 Å². The molecule has 0 radical (unpaired) electrons. The van der Waals surface area contributed by atoms with Crippen molar-refractivity contribution in [3.63, 3.8) is 0 Å². The van der Waals surface area contributed by atoms with E-state index < -0.39 is 0 Å². The Labute approximate surface area is 180 Å². The van der Waals surface area contributed by atoms with Crippen LogP contribution in [0.4, 0.5) is 4.39 Å². The second-order valence-electron chi connectivity index (χ2n) is 8.36. The summed E-state index contributed by atoms with van der Waals surface area (Å²) in [6.07, 6.45) is 1.77. The van der Waals surface area contributed by atoms with Gasteiger partial charge in [-0.1, -0.05) is 36.4 Å². The highest BCUT2D eigenvalue weighted by Gasteiger charge is 2.66. The number of hydrogen-bond donors (Lipinski definition) is 1. The van der Waals surface area contributed by atoms with Crippen molar-refractivity contribution in [1.82, 2.24) is 14.8 Å². The van der Waals surface area contributed by atoms with Gasteiger partial charge < -0.3 is 10.0 Å². The Balaban J connectivity index is 1.42. The first-order chi connectivity index (χ1) is 15.1. The maximum Gasteiger partial charge on any atom is 0.253 e. The topological polar surface area (TPSA) is 56.7 Å². The molecule has 3 heterocycles. The Kier molecular flexibility index (Phi) is 5.04. The van der Waals surface area contributed by atoms with Crippen molar-refractivity contribution < 1.29 is 14.3 Å². The molecule has 1 spiro atoms. The van der Waals surface area contributed by atoms with Gasteiger partial charge in [-0.05, 0) is 42.0 Å². The van der Waals surface area contributed by atoms with Crippen LogP contribution >= 0.6 is 0 Å². The Morgan fingerprint density at radius 2 is 1.74 bits per heavy atom. The average Bonchev–Trinajstić information content (AvgIpc) is 2.77. The standard InChI is InChI=1S/C25H24FN3O2/c26-20-11-9-19(10-12-20)24(31)28-16-25(17-28)23(18-6-2-1-3-7-18)22(15-30)29(25)14-21-8-4-5-13-27-21/h1-13,22-23,30H,14-17H2/t22-,23+/m0/s1. The molecule has 2 fully saturated rings. The predicted molar refractivity (Wildman–Crippen MR) is 115 cm³/mol. The number of aliphatic hydroxyl groups excluding tert-OH is 1. The minimum Gasteiger partial charge on any atom is -0.395 e. The Bertz CT molecular complexity index is 1050. The molecular formula is C25H24FN3O2. The van der Waals surface area contributed by atoms with Gasteiger partial charge in [-0.3, -0.25) is 14.7 Å². The number of likely N-dealkylation sites (tertiary alicyclic amines) is 2. The minimum atomic E-state index is -0.355. The van der Waals surface area contributed by atoms with Crippen LogP contribution < -0.4 is 0 Å². The highest BCUT2D eigenvalue weighted by Crippen LogP contribution is 2.54. The van der Waals surface area contributed by atoms with E-state index in [4.69, 9.17) is 0 Å². The smallest absolute Gasteiger partial charge is 0.253 e. The van der Waals surface area contributed by atoms with E-state index in [1.54, 1.807) is 6.20 Å². The van der Waals surface area contributed by atoms with Crippen LogP contribution in [0.15, 0.2) is 79.0 Å². The molecule has 6 heteroatoms. The largest absolute Gasteiger partial charge is 0.395 e. The summed E-state index contributed by atoms with van der Waals surface area (Å²) in [6.45, 7) is 1.78. The van der Waals surface area contributed by atoms with Crippen LogP contribution in [0.5, 0.6) is 0 Å². The van der Waals surface area contributed by atoms with Crippen molar-refractivity contribution >= 4 is 5.91 Å². The molecule has 2 aliphatic heterocycles. The van der Waals surface area contributed by atoms with Crippen LogP contribution in [0.3, 0.4) is 0 Å². The lowest BCUT2D eigenvalue weighted by atomic mass is 9.60. The van der Waals surface area contributed by atoms with Gasteiger partial charge in [-0.25, -0.2) is 4.39 Å². The monoisotopic (exact) mass is 417 g/mol. The van der Waals surface area contributed by atoms with Crippen molar-refractivity contribution in [3.8, 4) is 0 Å². The third-order valence-electron chi connectivity index (χ3n) is 6.65. The summed E-state index contributed by atoms with van der Waals surface area (Å²) in [5, 5.41) is 10.2. The van der Waals surface area contributed by atoms with Gasteiger partial charge in [-0.15, -0.1) is 0 Å². The highest BCUT2D eigenvalue weighted by atomic mass is 19.1. The van der Waals surface area contributed by atoms with E-state index in [0.717, 1.165) is 5.69 Å². The number of carbonyl (C=O) groups is 1. The average molecular weight is 417 g/mol. The molecule has 158 valence electrons. The van der Waals surface area contributed by atoms with E-state index in [0.29, 0.717) is 25.2 Å². The number of carbonyl (C=O) groups excluding carboxylic acids is 1. The summed E-state index contributed by atoms with van der Waals surface area (Å²) in [6, 6.07) is 21.7. The maximum absolute atomic E-state index is 13.3. The molecule has 31 heavy (non-hydrogen) atoms. The molecule has 0 saturated carbocycles. The van der Waals surface area contributed by atoms with Crippen molar-refractivity contribution in [1.29, 1.82) is 0 Å². The van der Waals surface area contributed by atoms with E-state index >= 15 is 0 Å². The number of benzene rings is 2. The zero-order valence-electron chi connectivity index (χ0n) is 17.1. The molecule has 2 atom stereocenters. The zero-order chi connectivity index (χ0) is 21.4. The Hall–Kier alpha value is -3.09. The first-order valence-electron chi connectivity index (χ1n) is 10.5. The van der Waals surface area contributed by atoms with Gasteiger partial charge in [0.2, 0.25) is 0 Å². The van der Waals surface area contributed by atoms with Crippen LogP contribution in [0, 0.1) is 5.82 Å². The van der Waals surface area contributed by atoms with E-state index in [1.807, 2.05) is 41.3 Å². The van der Waals surface area contributed by atoms with Gasteiger partial charge in [0.25, 0.3) is 5.91 Å². The lowest BCUT2D eigenvalue weighted by Gasteiger charge is -2.70. The molecule has 2 saturated heterocycles. The van der Waals surface area contributed by atoms with Crippen molar-refractivity contribution in [3.05, 3.63) is 102 Å². The summed E-state index contributed by atoms with van der Waals surface area (Å²) >= 11 is 0. The lowest BCUT2D eigenvalue weighted by molar-refractivity contribution is -0.184. The second-order valence-corrected chi connectivity index (χ2v) is 8.36. The molecule has 1 N–H and O–H groups in total. The highest BCUT2D eigenvalue weighted by molar-refractivity contribution is 5.95. The molecule has 0 aliphatic carbocycles. The van der Waals surface area contributed by atoms with Gasteiger partial charge in [0.05, 0.1) is 17.8 Å². The fourth-order valence-electron chi connectivity index (χ4n) is 5.21. The van der Waals surface area contributed by atoms with Gasteiger partial charge in [-0.2, -0.15) is 0 Å². The quantitative estimate of drug-likeness (QED) is 0.693. The third kappa shape index (κ3) is 3.32. The van der Waals surface area contributed by atoms with Gasteiger partial charge in [0.1, 0.15) is 5.82 Å². The van der Waals surface area contributed by atoms with Gasteiger partial charge in [0.15, 0.2) is 0 Å². The van der Waals surface area contributed by atoms with Gasteiger partial charge >= 0.3 is 0 Å². The molecule has 2 aromatic carbocycles. The van der Waals surface area contributed by atoms with Crippen molar-refractivity contribution in [2.45, 2.75) is 24.0 Å². The van der Waals surface area contributed by atoms with Crippen LogP contribution in [0.1, 0.15) is 27.5 Å². The minimum absolute atomic E-state index is 0.0347. The molecule has 0 unspecified atom stereocenters. The number of nitrogens with zero attached hydrogens (tertiary/aromatic N) is 3. The van der Waals surface area contributed by atoms with E-state index in [2.05, 4.69) is 22.0 Å². The third-order valence-corrected chi connectivity index (χ3v) is 6.65. The summed E-state index contributed by atoms with van der Waals surface area (Å²) < 4.78 is 13.3. The van der Waals surface area contributed by atoms with Crippen LogP contribution in [0.25, 0.3) is 0 Å². The van der Waals surface area contributed by atoms with Crippen molar-refractivity contribution in [2.24, 2.45) is 0 Å². The fraction of sp³-hybridized carbons (Fsp3) is 0.280. The number of halogens is 1. The summed E-state index contributed by atoms with van der Waals surface area (Å²) in [5.74, 6) is -0.325. The Morgan fingerprint density at radius 3 is 2.39 bits per heavy atom.